The Balaban J connectivity index is 2.39. The Hall–Kier alpha value is -0.540. The molecular formula is C11H23N3. The van der Waals surface area contributed by atoms with Gasteiger partial charge in [-0.3, -0.25) is 0 Å². The average Bonchev–Trinajstić information content (AvgIpc) is 2.14. The number of nitrogens with two attached hydrogens (primary N) is 1. The minimum Gasteiger partial charge on any atom is -0.358 e. The van der Waals surface area contributed by atoms with Gasteiger partial charge in [-0.1, -0.05) is 19.9 Å². The summed E-state index contributed by atoms with van der Waals surface area (Å²) in [5, 5.41) is 0. The molecule has 1 saturated heterocycles. The van der Waals surface area contributed by atoms with Gasteiger partial charge >= 0.3 is 0 Å². The zero-order chi connectivity index (χ0) is 10.6. The van der Waals surface area contributed by atoms with Crippen molar-refractivity contribution in [2.45, 2.75) is 32.4 Å². The van der Waals surface area contributed by atoms with Crippen LogP contribution in [-0.2, 0) is 0 Å². The number of hydrogen-bond acceptors (Lipinski definition) is 3. The smallest absolute Gasteiger partial charge is 0.0897 e. The Morgan fingerprint density at radius 2 is 2.21 bits per heavy atom. The van der Waals surface area contributed by atoms with Crippen molar-refractivity contribution in [2.24, 2.45) is 5.73 Å². The highest BCUT2D eigenvalue weighted by Gasteiger charge is 2.22. The zero-order valence-electron chi connectivity index (χ0n) is 9.50. The van der Waals surface area contributed by atoms with Gasteiger partial charge in [-0.05, 0) is 19.9 Å². The third kappa shape index (κ3) is 3.00. The predicted octanol–water partition coefficient (Wildman–Crippen LogP) is 1.22. The lowest BCUT2D eigenvalue weighted by atomic mass is 10.1. The molecule has 1 rings (SSSR count). The van der Waals surface area contributed by atoms with Gasteiger partial charge in [-0.25, -0.2) is 0 Å². The summed E-state index contributed by atoms with van der Waals surface area (Å²) in [5.41, 5.74) is 7.28. The van der Waals surface area contributed by atoms with Crippen molar-refractivity contribution < 1.29 is 0 Å². The molecule has 1 heterocycles. The molecule has 0 aromatic heterocycles. The molecule has 0 aromatic carbocycles. The Morgan fingerprint density at radius 1 is 1.50 bits per heavy atom. The quantitative estimate of drug-likeness (QED) is 0.735. The van der Waals surface area contributed by atoms with Crippen LogP contribution in [0.15, 0.2) is 12.3 Å². The number of unbranched alkanes of at least 4 members (excludes halogenated alkanes) is 1. The maximum atomic E-state index is 6.07. The van der Waals surface area contributed by atoms with Crippen LogP contribution in [0.5, 0.6) is 0 Å². The first-order chi connectivity index (χ1) is 6.65. The molecular weight excluding hydrogens is 174 g/mol. The summed E-state index contributed by atoms with van der Waals surface area (Å²) in [4.78, 5) is 4.53. The molecule has 1 aliphatic heterocycles. The maximum absolute atomic E-state index is 6.07. The lowest BCUT2D eigenvalue weighted by Crippen LogP contribution is -2.55. The average molecular weight is 197 g/mol. The number of likely N-dealkylation sites (N-methyl/N-ethyl adjacent to an activating group) is 1. The SMILES string of the molecule is C=C(CCCC)N1CCN(C)CC1N. The summed E-state index contributed by atoms with van der Waals surface area (Å²) in [6, 6.07) is 0. The monoisotopic (exact) mass is 197 g/mol. The Kier molecular flexibility index (Phi) is 4.42. The van der Waals surface area contributed by atoms with Crippen molar-refractivity contribution in [2.75, 3.05) is 26.7 Å². The first-order valence-corrected chi connectivity index (χ1v) is 5.53. The van der Waals surface area contributed by atoms with Crippen molar-refractivity contribution in [3.8, 4) is 0 Å². The summed E-state index contributed by atoms with van der Waals surface area (Å²) in [6.07, 6.45) is 3.67. The zero-order valence-corrected chi connectivity index (χ0v) is 9.50. The third-order valence-corrected chi connectivity index (χ3v) is 2.85. The predicted molar refractivity (Wildman–Crippen MR) is 60.8 cm³/mol. The van der Waals surface area contributed by atoms with Crippen LogP contribution in [0.4, 0.5) is 0 Å². The molecule has 1 atom stereocenters. The van der Waals surface area contributed by atoms with Gasteiger partial charge in [-0.2, -0.15) is 0 Å². The van der Waals surface area contributed by atoms with Crippen LogP contribution in [0, 0.1) is 0 Å². The molecule has 3 nitrogen and oxygen atoms in total. The summed E-state index contributed by atoms with van der Waals surface area (Å²) < 4.78 is 0. The minimum atomic E-state index is 0.137. The maximum Gasteiger partial charge on any atom is 0.0897 e. The fraction of sp³-hybridized carbons (Fsp3) is 0.818. The van der Waals surface area contributed by atoms with Crippen LogP contribution in [0.1, 0.15) is 26.2 Å². The number of hydrogen-bond donors (Lipinski definition) is 1. The van der Waals surface area contributed by atoms with Gasteiger partial charge in [0.15, 0.2) is 0 Å². The van der Waals surface area contributed by atoms with E-state index in [1.54, 1.807) is 0 Å². The summed E-state index contributed by atoms with van der Waals surface area (Å²) in [7, 11) is 2.12. The highest BCUT2D eigenvalue weighted by molar-refractivity contribution is 4.98. The molecule has 2 N–H and O–H groups in total. The molecule has 0 radical (unpaired) electrons. The van der Waals surface area contributed by atoms with Gasteiger partial charge in [0.25, 0.3) is 0 Å². The van der Waals surface area contributed by atoms with E-state index in [0.29, 0.717) is 0 Å². The van der Waals surface area contributed by atoms with E-state index in [4.69, 9.17) is 5.73 Å². The minimum absolute atomic E-state index is 0.137. The van der Waals surface area contributed by atoms with Gasteiger partial charge in [-0.15, -0.1) is 0 Å². The Bertz CT molecular complexity index is 191. The van der Waals surface area contributed by atoms with E-state index in [1.807, 2.05) is 0 Å². The van der Waals surface area contributed by atoms with Crippen LogP contribution in [0.25, 0.3) is 0 Å². The fourth-order valence-electron chi connectivity index (χ4n) is 1.87. The molecule has 0 aliphatic carbocycles. The van der Waals surface area contributed by atoms with E-state index < -0.39 is 0 Å². The van der Waals surface area contributed by atoms with Crippen LogP contribution in [-0.4, -0.2) is 42.6 Å². The first kappa shape index (κ1) is 11.5. The van der Waals surface area contributed by atoms with E-state index in [-0.39, 0.29) is 6.17 Å². The summed E-state index contributed by atoms with van der Waals surface area (Å²) in [6.45, 7) is 9.40. The standard InChI is InChI=1S/C11H23N3/c1-4-5-6-10(2)14-8-7-13(3)9-11(14)12/h11H,2,4-9,12H2,1,3H3. The van der Waals surface area contributed by atoms with Crippen molar-refractivity contribution in [1.82, 2.24) is 9.80 Å². The number of nitrogens with zero attached hydrogens (tertiary/aromatic N) is 2. The van der Waals surface area contributed by atoms with Crippen LogP contribution in [0.2, 0.25) is 0 Å². The van der Waals surface area contributed by atoms with Gasteiger partial charge in [0, 0.05) is 25.3 Å². The van der Waals surface area contributed by atoms with Crippen LogP contribution in [0.3, 0.4) is 0 Å². The molecule has 0 amide bonds. The Labute approximate surface area is 87.6 Å². The molecule has 3 heteroatoms. The normalized spacial score (nSPS) is 23.9. The van der Waals surface area contributed by atoms with Gasteiger partial charge in [0.1, 0.15) is 0 Å². The third-order valence-electron chi connectivity index (χ3n) is 2.85. The number of piperazine rings is 1. The number of allylic oxidation sites excluding steroid dienone is 1. The number of rotatable bonds is 4. The molecule has 14 heavy (non-hydrogen) atoms. The highest BCUT2D eigenvalue weighted by Crippen LogP contribution is 2.15. The van der Waals surface area contributed by atoms with Gasteiger partial charge in [0.05, 0.1) is 6.17 Å². The molecule has 1 aliphatic rings. The van der Waals surface area contributed by atoms with Crippen molar-refractivity contribution in [3.05, 3.63) is 12.3 Å². The Morgan fingerprint density at radius 3 is 2.79 bits per heavy atom. The second-order valence-electron chi connectivity index (χ2n) is 4.19. The lowest BCUT2D eigenvalue weighted by molar-refractivity contribution is 0.121. The van der Waals surface area contributed by atoms with Crippen molar-refractivity contribution in [3.63, 3.8) is 0 Å². The molecule has 0 spiro atoms. The van der Waals surface area contributed by atoms with E-state index in [1.165, 1.54) is 18.5 Å². The highest BCUT2D eigenvalue weighted by atomic mass is 15.3. The van der Waals surface area contributed by atoms with E-state index in [9.17, 15) is 0 Å². The van der Waals surface area contributed by atoms with Crippen molar-refractivity contribution in [1.29, 1.82) is 0 Å². The van der Waals surface area contributed by atoms with E-state index in [2.05, 4.69) is 30.4 Å². The van der Waals surface area contributed by atoms with Crippen LogP contribution < -0.4 is 5.73 Å². The summed E-state index contributed by atoms with van der Waals surface area (Å²) >= 11 is 0. The lowest BCUT2D eigenvalue weighted by Gasteiger charge is -2.40. The molecule has 1 unspecified atom stereocenters. The first-order valence-electron chi connectivity index (χ1n) is 5.53. The molecule has 1 fully saturated rings. The van der Waals surface area contributed by atoms with Gasteiger partial charge in [0.2, 0.25) is 0 Å². The second kappa shape index (κ2) is 5.37. The van der Waals surface area contributed by atoms with E-state index in [0.717, 1.165) is 26.1 Å². The molecule has 0 bridgehead atoms. The van der Waals surface area contributed by atoms with Crippen LogP contribution >= 0.6 is 0 Å². The molecule has 0 aromatic rings. The second-order valence-corrected chi connectivity index (χ2v) is 4.19. The topological polar surface area (TPSA) is 32.5 Å². The molecule has 0 saturated carbocycles. The van der Waals surface area contributed by atoms with E-state index >= 15 is 0 Å². The largest absolute Gasteiger partial charge is 0.358 e. The summed E-state index contributed by atoms with van der Waals surface area (Å²) in [5.74, 6) is 0. The van der Waals surface area contributed by atoms with Crippen molar-refractivity contribution >= 4 is 0 Å². The molecule has 82 valence electrons. The fourth-order valence-corrected chi connectivity index (χ4v) is 1.87. The van der Waals surface area contributed by atoms with Gasteiger partial charge < -0.3 is 15.5 Å².